The topological polar surface area (TPSA) is 74.7 Å². The number of hydrogen-bond acceptors (Lipinski definition) is 4. The summed E-state index contributed by atoms with van der Waals surface area (Å²) in [4.78, 5) is 5.77. The van der Waals surface area contributed by atoms with Gasteiger partial charge in [-0.15, -0.1) is 0 Å². The Hall–Kier alpha value is -2.63. The van der Waals surface area contributed by atoms with Gasteiger partial charge in [0.1, 0.15) is 11.6 Å². The van der Waals surface area contributed by atoms with E-state index in [0.29, 0.717) is 17.1 Å². The number of benzene rings is 1. The maximum absolute atomic E-state index is 13.6. The van der Waals surface area contributed by atoms with E-state index in [1.54, 1.807) is 42.3 Å². The van der Waals surface area contributed by atoms with Gasteiger partial charge < -0.3 is 15.8 Å². The number of pyridine rings is 1. The first kappa shape index (κ1) is 12.8. The van der Waals surface area contributed by atoms with Crippen molar-refractivity contribution >= 4 is 17.3 Å². The maximum Gasteiger partial charge on any atom is 0.171 e. The summed E-state index contributed by atoms with van der Waals surface area (Å²) < 4.78 is 13.6. The highest BCUT2D eigenvalue weighted by molar-refractivity contribution is 5.96. The number of para-hydroxylation sites is 1. The summed E-state index contributed by atoms with van der Waals surface area (Å²) in [6.45, 7) is 0. The van der Waals surface area contributed by atoms with E-state index in [4.69, 9.17) is 10.9 Å². The second-order valence-corrected chi connectivity index (χ2v) is 3.90. The smallest absolute Gasteiger partial charge is 0.171 e. The zero-order valence-electron chi connectivity index (χ0n) is 10.3. The third-order valence-corrected chi connectivity index (χ3v) is 2.71. The fraction of sp³-hybridized carbons (Fsp3) is 0.0769. The molecule has 0 spiro atoms. The van der Waals surface area contributed by atoms with Crippen LogP contribution in [0.3, 0.4) is 0 Å². The molecule has 0 aliphatic heterocycles. The van der Waals surface area contributed by atoms with Crippen LogP contribution >= 0.6 is 0 Å². The van der Waals surface area contributed by atoms with Crippen LogP contribution in [0.1, 0.15) is 5.56 Å². The molecule has 0 radical (unpaired) electrons. The molecule has 0 aliphatic rings. The van der Waals surface area contributed by atoms with E-state index in [0.717, 1.165) is 0 Å². The third-order valence-electron chi connectivity index (χ3n) is 2.71. The summed E-state index contributed by atoms with van der Waals surface area (Å²) >= 11 is 0. The Balaban J connectivity index is 2.30. The predicted octanol–water partition coefficient (Wildman–Crippen LogP) is 2.08. The van der Waals surface area contributed by atoms with Crippen molar-refractivity contribution in [2.75, 3.05) is 11.9 Å². The standard InChI is InChI=1S/C13H13FN4O/c1-18(11-5-3-2-4-10(11)14)12-7-6-9(8-16-12)13(15)17-19/h2-8,19H,1H3,(H2,15,17). The Morgan fingerprint density at radius 2 is 2.05 bits per heavy atom. The molecule has 3 N–H and O–H groups in total. The number of nitrogens with zero attached hydrogens (tertiary/aromatic N) is 3. The van der Waals surface area contributed by atoms with E-state index in [2.05, 4.69) is 10.1 Å². The van der Waals surface area contributed by atoms with Gasteiger partial charge in [0.25, 0.3) is 0 Å². The minimum absolute atomic E-state index is 0.0207. The first-order valence-corrected chi connectivity index (χ1v) is 5.55. The molecular weight excluding hydrogens is 247 g/mol. The lowest BCUT2D eigenvalue weighted by molar-refractivity contribution is 0.318. The molecule has 0 fully saturated rings. The van der Waals surface area contributed by atoms with Crippen molar-refractivity contribution in [1.29, 1.82) is 0 Å². The van der Waals surface area contributed by atoms with Gasteiger partial charge in [-0.25, -0.2) is 9.37 Å². The Morgan fingerprint density at radius 3 is 2.63 bits per heavy atom. The van der Waals surface area contributed by atoms with Crippen LogP contribution in [0.25, 0.3) is 0 Å². The molecule has 1 aromatic heterocycles. The van der Waals surface area contributed by atoms with Crippen molar-refractivity contribution in [3.8, 4) is 0 Å². The van der Waals surface area contributed by atoms with Crippen LogP contribution in [0, 0.1) is 5.82 Å². The summed E-state index contributed by atoms with van der Waals surface area (Å²) in [7, 11) is 1.71. The number of amidine groups is 1. The van der Waals surface area contributed by atoms with Crippen LogP contribution < -0.4 is 10.6 Å². The molecule has 98 valence electrons. The Bertz CT molecular complexity index is 598. The number of halogens is 1. The number of anilines is 2. The van der Waals surface area contributed by atoms with Crippen LogP contribution in [0.4, 0.5) is 15.9 Å². The van der Waals surface area contributed by atoms with Gasteiger partial charge in [0.15, 0.2) is 5.84 Å². The largest absolute Gasteiger partial charge is 0.409 e. The Morgan fingerprint density at radius 1 is 1.32 bits per heavy atom. The summed E-state index contributed by atoms with van der Waals surface area (Å²) in [5.41, 5.74) is 6.36. The molecule has 1 heterocycles. The molecule has 0 unspecified atom stereocenters. The monoisotopic (exact) mass is 260 g/mol. The van der Waals surface area contributed by atoms with E-state index in [9.17, 15) is 4.39 Å². The predicted molar refractivity (Wildman–Crippen MR) is 71.2 cm³/mol. The fourth-order valence-electron chi connectivity index (χ4n) is 1.64. The number of nitrogens with two attached hydrogens (primary N) is 1. The lowest BCUT2D eigenvalue weighted by Crippen LogP contribution is -2.16. The van der Waals surface area contributed by atoms with Crippen LogP contribution in [-0.4, -0.2) is 23.1 Å². The van der Waals surface area contributed by atoms with Crippen LogP contribution in [-0.2, 0) is 0 Å². The highest BCUT2D eigenvalue weighted by atomic mass is 19.1. The van der Waals surface area contributed by atoms with Gasteiger partial charge in [0.05, 0.1) is 5.69 Å². The van der Waals surface area contributed by atoms with Crippen molar-refractivity contribution < 1.29 is 9.60 Å². The summed E-state index contributed by atoms with van der Waals surface area (Å²) in [5.74, 6) is 0.208. The normalized spacial score (nSPS) is 11.4. The molecule has 6 heteroatoms. The molecule has 0 atom stereocenters. The Kier molecular flexibility index (Phi) is 3.61. The van der Waals surface area contributed by atoms with Crippen molar-refractivity contribution in [3.05, 3.63) is 54.0 Å². The van der Waals surface area contributed by atoms with Crippen molar-refractivity contribution in [3.63, 3.8) is 0 Å². The van der Waals surface area contributed by atoms with Crippen LogP contribution in [0.15, 0.2) is 47.8 Å². The second-order valence-electron chi connectivity index (χ2n) is 3.90. The summed E-state index contributed by atoms with van der Waals surface area (Å²) in [6.07, 6.45) is 1.46. The van der Waals surface area contributed by atoms with Crippen LogP contribution in [0.2, 0.25) is 0 Å². The summed E-state index contributed by atoms with van der Waals surface area (Å²) in [6, 6.07) is 9.74. The first-order chi connectivity index (χ1) is 9.13. The van der Waals surface area contributed by atoms with Crippen molar-refractivity contribution in [2.24, 2.45) is 10.9 Å². The molecule has 2 aromatic rings. The molecule has 19 heavy (non-hydrogen) atoms. The van der Waals surface area contributed by atoms with Crippen LogP contribution in [0.5, 0.6) is 0 Å². The number of rotatable bonds is 3. The first-order valence-electron chi connectivity index (χ1n) is 5.55. The van der Waals surface area contributed by atoms with E-state index >= 15 is 0 Å². The number of hydrogen-bond donors (Lipinski definition) is 2. The summed E-state index contributed by atoms with van der Waals surface area (Å²) in [5, 5.41) is 11.4. The van der Waals surface area contributed by atoms with Gasteiger partial charge in [-0.05, 0) is 24.3 Å². The lowest BCUT2D eigenvalue weighted by Gasteiger charge is -2.18. The van der Waals surface area contributed by atoms with E-state index < -0.39 is 0 Å². The van der Waals surface area contributed by atoms with Crippen molar-refractivity contribution in [1.82, 2.24) is 4.98 Å². The number of aromatic nitrogens is 1. The third kappa shape index (κ3) is 2.62. The molecule has 2 rings (SSSR count). The maximum atomic E-state index is 13.6. The average Bonchev–Trinajstić information content (AvgIpc) is 2.46. The van der Waals surface area contributed by atoms with E-state index in [1.165, 1.54) is 12.3 Å². The molecule has 5 nitrogen and oxygen atoms in total. The fourth-order valence-corrected chi connectivity index (χ4v) is 1.64. The zero-order valence-corrected chi connectivity index (χ0v) is 10.3. The molecular formula is C13H13FN4O. The highest BCUT2D eigenvalue weighted by Gasteiger charge is 2.10. The SMILES string of the molecule is CN(c1ccc(C(N)=NO)cn1)c1ccccc1F. The molecule has 0 bridgehead atoms. The Labute approximate surface area is 109 Å². The van der Waals surface area contributed by atoms with Gasteiger partial charge in [-0.1, -0.05) is 17.3 Å². The second kappa shape index (κ2) is 5.34. The van der Waals surface area contributed by atoms with Gasteiger partial charge in [-0.3, -0.25) is 0 Å². The number of oxime groups is 1. The molecule has 0 amide bonds. The molecule has 0 saturated carbocycles. The molecule has 0 aliphatic carbocycles. The van der Waals surface area contributed by atoms with Gasteiger partial charge in [-0.2, -0.15) is 0 Å². The molecule has 1 aromatic carbocycles. The zero-order chi connectivity index (χ0) is 13.8. The highest BCUT2D eigenvalue weighted by Crippen LogP contribution is 2.24. The minimum atomic E-state index is -0.327. The van der Waals surface area contributed by atoms with E-state index in [1.807, 2.05) is 0 Å². The van der Waals surface area contributed by atoms with Gasteiger partial charge in [0, 0.05) is 18.8 Å². The molecule has 0 saturated heterocycles. The average molecular weight is 260 g/mol. The lowest BCUT2D eigenvalue weighted by atomic mass is 10.2. The van der Waals surface area contributed by atoms with Gasteiger partial charge >= 0.3 is 0 Å². The minimum Gasteiger partial charge on any atom is -0.409 e. The van der Waals surface area contributed by atoms with E-state index in [-0.39, 0.29) is 11.7 Å². The quantitative estimate of drug-likeness (QED) is 0.383. The van der Waals surface area contributed by atoms with Gasteiger partial charge in [0.2, 0.25) is 0 Å². The van der Waals surface area contributed by atoms with Crippen molar-refractivity contribution in [2.45, 2.75) is 0 Å².